The third kappa shape index (κ3) is 1.69. The summed E-state index contributed by atoms with van der Waals surface area (Å²) in [6.45, 7) is 1.96. The summed E-state index contributed by atoms with van der Waals surface area (Å²) in [6.07, 6.45) is 0.936. The van der Waals surface area contributed by atoms with Gasteiger partial charge in [0.1, 0.15) is 11.9 Å². The highest BCUT2D eigenvalue weighted by Gasteiger charge is 2.17. The summed E-state index contributed by atoms with van der Waals surface area (Å²) in [4.78, 5) is 5.04. The molecular weight excluding hydrogens is 169 g/mol. The fraction of sp³-hybridized carbons (Fsp3) is 0.300. The lowest BCUT2D eigenvalue weighted by atomic mass is 10.1. The predicted molar refractivity (Wildman–Crippen MR) is 48.1 cm³/mol. The van der Waals surface area contributed by atoms with Crippen LogP contribution in [-0.4, -0.2) is 11.8 Å². The van der Waals surface area contributed by atoms with Gasteiger partial charge >= 0.3 is 0 Å². The maximum absolute atomic E-state index is 12.6. The second kappa shape index (κ2) is 3.17. The smallest absolute Gasteiger partial charge is 0.130 e. The first-order valence-electron chi connectivity index (χ1n) is 4.24. The van der Waals surface area contributed by atoms with E-state index in [0.717, 1.165) is 17.7 Å². The lowest BCUT2D eigenvalue weighted by Crippen LogP contribution is -2.02. The Morgan fingerprint density at radius 3 is 2.62 bits per heavy atom. The van der Waals surface area contributed by atoms with Crippen molar-refractivity contribution >= 4 is 5.71 Å². The molecule has 0 radical (unpaired) electrons. The Bertz CT molecular complexity index is 331. The number of hydrogen-bond acceptors (Lipinski definition) is 2. The van der Waals surface area contributed by atoms with Crippen molar-refractivity contribution in [3.8, 4) is 0 Å². The van der Waals surface area contributed by atoms with Gasteiger partial charge in [0.15, 0.2) is 0 Å². The molecule has 3 heteroatoms. The Balaban J connectivity index is 2.22. The molecule has 2 nitrogen and oxygen atoms in total. The molecule has 1 aromatic carbocycles. The molecule has 13 heavy (non-hydrogen) atoms. The van der Waals surface area contributed by atoms with Crippen molar-refractivity contribution < 1.29 is 9.23 Å². The van der Waals surface area contributed by atoms with Gasteiger partial charge in [0, 0.05) is 6.42 Å². The van der Waals surface area contributed by atoms with Crippen LogP contribution in [0.3, 0.4) is 0 Å². The van der Waals surface area contributed by atoms with Crippen LogP contribution in [0.25, 0.3) is 0 Å². The van der Waals surface area contributed by atoms with E-state index in [1.54, 1.807) is 12.1 Å². The molecule has 1 atom stereocenters. The summed E-state index contributed by atoms with van der Waals surface area (Å²) < 4.78 is 12.6. The second-order valence-corrected chi connectivity index (χ2v) is 3.17. The number of halogens is 1. The number of hydrogen-bond donors (Lipinski definition) is 0. The second-order valence-electron chi connectivity index (χ2n) is 3.17. The van der Waals surface area contributed by atoms with Gasteiger partial charge in [-0.3, -0.25) is 0 Å². The van der Waals surface area contributed by atoms with Crippen LogP contribution in [0.15, 0.2) is 29.4 Å². The van der Waals surface area contributed by atoms with Crippen molar-refractivity contribution in [1.82, 2.24) is 0 Å². The minimum absolute atomic E-state index is 0.139. The van der Waals surface area contributed by atoms with Gasteiger partial charge in [-0.05, 0) is 24.6 Å². The Kier molecular flexibility index (Phi) is 2.00. The summed E-state index contributed by atoms with van der Waals surface area (Å²) in [6, 6.07) is 6.30. The topological polar surface area (TPSA) is 21.6 Å². The standard InChI is InChI=1S/C10H10FNO/c1-7-6-10(12-13-7)8-2-4-9(11)5-3-8/h2-5,7H,6H2,1H3. The molecule has 0 N–H and O–H groups in total. The third-order valence-electron chi connectivity index (χ3n) is 2.00. The molecule has 1 aromatic rings. The zero-order chi connectivity index (χ0) is 9.26. The van der Waals surface area contributed by atoms with Gasteiger partial charge in [0.25, 0.3) is 0 Å². The van der Waals surface area contributed by atoms with Crippen LogP contribution in [-0.2, 0) is 4.84 Å². The average molecular weight is 179 g/mol. The zero-order valence-electron chi connectivity index (χ0n) is 7.33. The Morgan fingerprint density at radius 1 is 1.38 bits per heavy atom. The zero-order valence-corrected chi connectivity index (χ0v) is 7.33. The van der Waals surface area contributed by atoms with Gasteiger partial charge < -0.3 is 4.84 Å². The predicted octanol–water partition coefficient (Wildman–Crippen LogP) is 2.34. The van der Waals surface area contributed by atoms with Crippen molar-refractivity contribution in [3.63, 3.8) is 0 Å². The lowest BCUT2D eigenvalue weighted by molar-refractivity contribution is 0.0995. The minimum atomic E-state index is -0.226. The number of oxime groups is 1. The van der Waals surface area contributed by atoms with E-state index in [1.807, 2.05) is 6.92 Å². The molecule has 0 fully saturated rings. The molecule has 1 unspecified atom stereocenters. The highest BCUT2D eigenvalue weighted by molar-refractivity contribution is 6.01. The first-order chi connectivity index (χ1) is 6.25. The maximum Gasteiger partial charge on any atom is 0.130 e. The van der Waals surface area contributed by atoms with E-state index in [1.165, 1.54) is 12.1 Å². The number of nitrogens with zero attached hydrogens (tertiary/aromatic N) is 1. The van der Waals surface area contributed by atoms with Crippen LogP contribution >= 0.6 is 0 Å². The fourth-order valence-corrected chi connectivity index (χ4v) is 1.31. The normalized spacial score (nSPS) is 21.1. The number of benzene rings is 1. The van der Waals surface area contributed by atoms with E-state index in [-0.39, 0.29) is 11.9 Å². The summed E-state index contributed by atoms with van der Waals surface area (Å²) in [7, 11) is 0. The van der Waals surface area contributed by atoms with E-state index >= 15 is 0 Å². The SMILES string of the molecule is CC1CC(c2ccc(F)cc2)=NO1. The van der Waals surface area contributed by atoms with E-state index in [0.29, 0.717) is 0 Å². The van der Waals surface area contributed by atoms with Gasteiger partial charge in [-0.2, -0.15) is 0 Å². The highest BCUT2D eigenvalue weighted by Crippen LogP contribution is 2.16. The van der Waals surface area contributed by atoms with E-state index in [4.69, 9.17) is 4.84 Å². The molecule has 1 aliphatic rings. The summed E-state index contributed by atoms with van der Waals surface area (Å²) >= 11 is 0. The summed E-state index contributed by atoms with van der Waals surface area (Å²) in [5.41, 5.74) is 1.83. The van der Waals surface area contributed by atoms with Crippen molar-refractivity contribution in [3.05, 3.63) is 35.6 Å². The van der Waals surface area contributed by atoms with E-state index in [2.05, 4.69) is 5.16 Å². The molecule has 0 aromatic heterocycles. The molecule has 1 heterocycles. The van der Waals surface area contributed by atoms with Crippen molar-refractivity contribution in [2.75, 3.05) is 0 Å². The molecule has 0 bridgehead atoms. The van der Waals surface area contributed by atoms with Crippen molar-refractivity contribution in [2.45, 2.75) is 19.4 Å². The van der Waals surface area contributed by atoms with E-state index < -0.39 is 0 Å². The van der Waals surface area contributed by atoms with Crippen LogP contribution in [0, 0.1) is 5.82 Å². The summed E-state index contributed by atoms with van der Waals surface area (Å²) in [5, 5.41) is 3.91. The average Bonchev–Trinajstić information content (AvgIpc) is 2.53. The highest BCUT2D eigenvalue weighted by atomic mass is 19.1. The van der Waals surface area contributed by atoms with Crippen LogP contribution in [0.5, 0.6) is 0 Å². The molecule has 0 saturated heterocycles. The van der Waals surface area contributed by atoms with Crippen LogP contribution < -0.4 is 0 Å². The molecule has 1 aliphatic heterocycles. The monoisotopic (exact) mass is 179 g/mol. The maximum atomic E-state index is 12.6. The van der Waals surface area contributed by atoms with Gasteiger partial charge in [0.05, 0.1) is 5.71 Å². The first-order valence-corrected chi connectivity index (χ1v) is 4.24. The molecule has 0 spiro atoms. The molecule has 0 aliphatic carbocycles. The van der Waals surface area contributed by atoms with Crippen molar-refractivity contribution in [2.24, 2.45) is 5.16 Å². The molecule has 0 amide bonds. The molecule has 2 rings (SSSR count). The Labute approximate surface area is 76.0 Å². The fourth-order valence-electron chi connectivity index (χ4n) is 1.31. The molecule has 0 saturated carbocycles. The first kappa shape index (κ1) is 8.23. The summed E-state index contributed by atoms with van der Waals surface area (Å²) in [5.74, 6) is -0.226. The quantitative estimate of drug-likeness (QED) is 0.648. The van der Waals surface area contributed by atoms with Gasteiger partial charge in [-0.1, -0.05) is 17.3 Å². The van der Waals surface area contributed by atoms with Gasteiger partial charge in [0.2, 0.25) is 0 Å². The lowest BCUT2D eigenvalue weighted by Gasteiger charge is -1.98. The number of rotatable bonds is 1. The molecular formula is C10H10FNO. The van der Waals surface area contributed by atoms with Crippen LogP contribution in [0.2, 0.25) is 0 Å². The van der Waals surface area contributed by atoms with E-state index in [9.17, 15) is 4.39 Å². The minimum Gasteiger partial charge on any atom is -0.392 e. The van der Waals surface area contributed by atoms with Crippen molar-refractivity contribution in [1.29, 1.82) is 0 Å². The third-order valence-corrected chi connectivity index (χ3v) is 2.00. The molecule has 68 valence electrons. The van der Waals surface area contributed by atoms with Gasteiger partial charge in [-0.25, -0.2) is 4.39 Å². The van der Waals surface area contributed by atoms with Gasteiger partial charge in [-0.15, -0.1) is 0 Å². The Hall–Kier alpha value is -1.38. The Morgan fingerprint density at radius 2 is 2.08 bits per heavy atom. The van der Waals surface area contributed by atoms with Crippen LogP contribution in [0.4, 0.5) is 4.39 Å². The largest absolute Gasteiger partial charge is 0.392 e. The van der Waals surface area contributed by atoms with Crippen LogP contribution in [0.1, 0.15) is 18.9 Å².